The molecular formula is C24H20FN3OS. The first-order valence-corrected chi connectivity index (χ1v) is 10.3. The van der Waals surface area contributed by atoms with Crippen LogP contribution in [0.15, 0.2) is 72.1 Å². The number of para-hydroxylation sites is 1. The van der Waals surface area contributed by atoms with Gasteiger partial charge in [0, 0.05) is 22.2 Å². The molecular weight excluding hydrogens is 397 g/mol. The van der Waals surface area contributed by atoms with Crippen LogP contribution >= 0.6 is 11.3 Å². The Morgan fingerprint density at radius 2 is 1.53 bits per heavy atom. The molecule has 150 valence electrons. The van der Waals surface area contributed by atoms with Gasteiger partial charge in [0.1, 0.15) is 10.8 Å². The Kier molecular flexibility index (Phi) is 5.59. The van der Waals surface area contributed by atoms with Crippen molar-refractivity contribution < 1.29 is 9.18 Å². The third-order valence-corrected chi connectivity index (χ3v) is 5.79. The topological polar surface area (TPSA) is 54.0 Å². The third kappa shape index (κ3) is 4.09. The minimum absolute atomic E-state index is 0.308. The Balaban J connectivity index is 1.58. The number of carbonyl (C=O) groups excluding carboxylic acids is 1. The number of thiazole rings is 1. The van der Waals surface area contributed by atoms with Crippen LogP contribution in [0.3, 0.4) is 0 Å². The zero-order valence-corrected chi connectivity index (χ0v) is 17.4. The summed E-state index contributed by atoms with van der Waals surface area (Å²) in [5, 5.41) is 8.27. The fraction of sp³-hybridized carbons (Fsp3) is 0.0833. The number of aromatic nitrogens is 1. The molecule has 6 heteroatoms. The second-order valence-corrected chi connectivity index (χ2v) is 7.75. The van der Waals surface area contributed by atoms with E-state index < -0.39 is 0 Å². The summed E-state index contributed by atoms with van der Waals surface area (Å²) in [7, 11) is 0. The number of urea groups is 1. The van der Waals surface area contributed by atoms with Crippen LogP contribution in [0.5, 0.6) is 0 Å². The standard InChI is InChI=1S/C24H20FN3OS/c1-15-8-7-13-20(16(15)2)27-24(29)28-21-12-6-4-10-18(21)22-14-30-23(26-22)17-9-3-5-11-19(17)25/h3-14H,1-2H3,(H2,27,28,29). The minimum Gasteiger partial charge on any atom is -0.307 e. The van der Waals surface area contributed by atoms with Crippen LogP contribution in [-0.2, 0) is 0 Å². The van der Waals surface area contributed by atoms with E-state index in [1.54, 1.807) is 18.2 Å². The number of anilines is 2. The van der Waals surface area contributed by atoms with Gasteiger partial charge in [-0.05, 0) is 49.2 Å². The number of nitrogens with one attached hydrogen (secondary N) is 2. The van der Waals surface area contributed by atoms with Crippen LogP contribution in [0, 0.1) is 19.7 Å². The van der Waals surface area contributed by atoms with Crippen LogP contribution in [0.1, 0.15) is 11.1 Å². The first-order chi connectivity index (χ1) is 14.5. The predicted molar refractivity (Wildman–Crippen MR) is 122 cm³/mol. The van der Waals surface area contributed by atoms with Crippen molar-refractivity contribution in [3.8, 4) is 21.8 Å². The second-order valence-electron chi connectivity index (χ2n) is 6.89. The normalized spacial score (nSPS) is 10.6. The average Bonchev–Trinajstić information content (AvgIpc) is 3.22. The van der Waals surface area contributed by atoms with E-state index in [0.717, 1.165) is 22.4 Å². The summed E-state index contributed by atoms with van der Waals surface area (Å²) in [4.78, 5) is 17.2. The lowest BCUT2D eigenvalue weighted by atomic mass is 10.1. The molecule has 0 aliphatic heterocycles. The second kappa shape index (κ2) is 8.47. The zero-order chi connectivity index (χ0) is 21.1. The molecule has 3 aromatic carbocycles. The number of hydrogen-bond acceptors (Lipinski definition) is 3. The highest BCUT2D eigenvalue weighted by Crippen LogP contribution is 2.33. The van der Waals surface area contributed by atoms with Gasteiger partial charge in [0.05, 0.1) is 11.4 Å². The molecule has 2 N–H and O–H groups in total. The fourth-order valence-corrected chi connectivity index (χ4v) is 3.98. The van der Waals surface area contributed by atoms with E-state index in [1.807, 2.05) is 61.7 Å². The maximum Gasteiger partial charge on any atom is 0.323 e. The quantitative estimate of drug-likeness (QED) is 0.380. The van der Waals surface area contributed by atoms with Crippen molar-refractivity contribution in [2.45, 2.75) is 13.8 Å². The van der Waals surface area contributed by atoms with Gasteiger partial charge in [0.25, 0.3) is 0 Å². The number of carbonyl (C=O) groups is 1. The summed E-state index contributed by atoms with van der Waals surface area (Å²) in [6.45, 7) is 3.97. The zero-order valence-electron chi connectivity index (χ0n) is 16.6. The van der Waals surface area contributed by atoms with Gasteiger partial charge in [-0.1, -0.05) is 42.5 Å². The summed E-state index contributed by atoms with van der Waals surface area (Å²) in [5.41, 5.74) is 5.44. The van der Waals surface area contributed by atoms with Gasteiger partial charge in [-0.25, -0.2) is 14.2 Å². The van der Waals surface area contributed by atoms with E-state index in [-0.39, 0.29) is 11.8 Å². The molecule has 0 aliphatic rings. The van der Waals surface area contributed by atoms with E-state index in [1.165, 1.54) is 17.4 Å². The van der Waals surface area contributed by atoms with Gasteiger partial charge in [-0.15, -0.1) is 11.3 Å². The van der Waals surface area contributed by atoms with Gasteiger partial charge < -0.3 is 10.6 Å². The Morgan fingerprint density at radius 3 is 2.33 bits per heavy atom. The molecule has 0 bridgehead atoms. The highest BCUT2D eigenvalue weighted by molar-refractivity contribution is 7.13. The van der Waals surface area contributed by atoms with Gasteiger partial charge in [0.2, 0.25) is 0 Å². The number of nitrogens with zero attached hydrogens (tertiary/aromatic N) is 1. The minimum atomic E-state index is -0.333. The molecule has 4 rings (SSSR count). The third-order valence-electron chi connectivity index (χ3n) is 4.91. The highest BCUT2D eigenvalue weighted by atomic mass is 32.1. The SMILES string of the molecule is Cc1cccc(NC(=O)Nc2ccccc2-c2csc(-c3ccccc3F)n2)c1C. The first kappa shape index (κ1) is 19.8. The molecule has 2 amide bonds. The molecule has 0 spiro atoms. The van der Waals surface area contributed by atoms with Crippen LogP contribution < -0.4 is 10.6 Å². The fourth-order valence-electron chi connectivity index (χ4n) is 3.13. The number of hydrogen-bond donors (Lipinski definition) is 2. The molecule has 30 heavy (non-hydrogen) atoms. The maximum atomic E-state index is 14.1. The Morgan fingerprint density at radius 1 is 0.867 bits per heavy atom. The Labute approximate surface area is 178 Å². The first-order valence-electron chi connectivity index (χ1n) is 9.47. The molecule has 4 aromatic rings. The number of aryl methyl sites for hydroxylation is 1. The van der Waals surface area contributed by atoms with Crippen LogP contribution in [-0.4, -0.2) is 11.0 Å². The summed E-state index contributed by atoms with van der Waals surface area (Å²) >= 11 is 1.37. The van der Waals surface area contributed by atoms with Crippen LogP contribution in [0.2, 0.25) is 0 Å². The van der Waals surface area contributed by atoms with E-state index >= 15 is 0 Å². The van der Waals surface area contributed by atoms with Crippen molar-refractivity contribution in [2.75, 3.05) is 10.6 Å². The number of halogens is 1. The van der Waals surface area contributed by atoms with Gasteiger partial charge in [-0.3, -0.25) is 0 Å². The van der Waals surface area contributed by atoms with Crippen molar-refractivity contribution in [2.24, 2.45) is 0 Å². The van der Waals surface area contributed by atoms with Crippen molar-refractivity contribution in [3.63, 3.8) is 0 Å². The van der Waals surface area contributed by atoms with Gasteiger partial charge in [-0.2, -0.15) is 0 Å². The molecule has 0 radical (unpaired) electrons. The summed E-state index contributed by atoms with van der Waals surface area (Å²) in [5.74, 6) is -0.308. The summed E-state index contributed by atoms with van der Waals surface area (Å²) in [6, 6.07) is 19.4. The van der Waals surface area contributed by atoms with Crippen LogP contribution in [0.25, 0.3) is 21.8 Å². The number of rotatable bonds is 4. The molecule has 0 unspecified atom stereocenters. The predicted octanol–water partition coefficient (Wildman–Crippen LogP) is 6.88. The molecule has 0 aliphatic carbocycles. The van der Waals surface area contributed by atoms with E-state index in [2.05, 4.69) is 15.6 Å². The van der Waals surface area contributed by atoms with Crippen molar-refractivity contribution in [3.05, 3.63) is 89.1 Å². The van der Waals surface area contributed by atoms with E-state index in [9.17, 15) is 9.18 Å². The average molecular weight is 418 g/mol. The van der Waals surface area contributed by atoms with E-state index in [4.69, 9.17) is 0 Å². The number of benzene rings is 3. The Hall–Kier alpha value is -3.51. The van der Waals surface area contributed by atoms with Crippen molar-refractivity contribution >= 4 is 28.7 Å². The largest absolute Gasteiger partial charge is 0.323 e. The highest BCUT2D eigenvalue weighted by Gasteiger charge is 2.14. The monoisotopic (exact) mass is 417 g/mol. The lowest BCUT2D eigenvalue weighted by Gasteiger charge is -2.13. The molecule has 1 heterocycles. The lowest BCUT2D eigenvalue weighted by molar-refractivity contribution is 0.262. The molecule has 0 atom stereocenters. The molecule has 0 fully saturated rings. The smallest absolute Gasteiger partial charge is 0.307 e. The van der Waals surface area contributed by atoms with Crippen molar-refractivity contribution in [1.82, 2.24) is 4.98 Å². The summed E-state index contributed by atoms with van der Waals surface area (Å²) in [6.07, 6.45) is 0. The Bertz CT molecular complexity index is 1220. The lowest BCUT2D eigenvalue weighted by Crippen LogP contribution is -2.20. The molecule has 0 saturated heterocycles. The van der Waals surface area contributed by atoms with Crippen LogP contribution in [0.4, 0.5) is 20.6 Å². The van der Waals surface area contributed by atoms with E-state index in [0.29, 0.717) is 22.0 Å². The van der Waals surface area contributed by atoms with Crippen molar-refractivity contribution in [1.29, 1.82) is 0 Å². The molecule has 4 nitrogen and oxygen atoms in total. The summed E-state index contributed by atoms with van der Waals surface area (Å²) < 4.78 is 14.1. The molecule has 0 saturated carbocycles. The van der Waals surface area contributed by atoms with Gasteiger partial charge in [0.15, 0.2) is 0 Å². The van der Waals surface area contributed by atoms with Gasteiger partial charge >= 0.3 is 6.03 Å². The molecule has 1 aromatic heterocycles. The number of amides is 2. The maximum absolute atomic E-state index is 14.1.